The molecule has 3 heterocycles. The number of halogens is 2. The maximum atomic E-state index is 12.3. The average Bonchev–Trinajstić information content (AvgIpc) is 3.11. The number of piperidine rings is 1. The van der Waals surface area contributed by atoms with Crippen LogP contribution in [0.25, 0.3) is 11.0 Å². The van der Waals surface area contributed by atoms with E-state index < -0.39 is 0 Å². The van der Waals surface area contributed by atoms with Crippen LogP contribution in [0.15, 0.2) is 24.3 Å². The summed E-state index contributed by atoms with van der Waals surface area (Å²) < 4.78 is 0. The van der Waals surface area contributed by atoms with Crippen LogP contribution in [0.3, 0.4) is 0 Å². The third-order valence-corrected chi connectivity index (χ3v) is 5.49. The number of imidazole rings is 1. The maximum absolute atomic E-state index is 12.3. The van der Waals surface area contributed by atoms with Crippen LogP contribution in [0.4, 0.5) is 0 Å². The zero-order valence-corrected chi connectivity index (χ0v) is 17.2. The number of amides is 1. The lowest BCUT2D eigenvalue weighted by atomic mass is 9.96. The van der Waals surface area contributed by atoms with Crippen molar-refractivity contribution >= 4 is 41.8 Å². The normalized spacial score (nSPS) is 18.7. The number of H-pyrrole nitrogens is 1. The van der Waals surface area contributed by atoms with Crippen molar-refractivity contribution < 1.29 is 4.79 Å². The number of hydrogen-bond acceptors (Lipinski definition) is 4. The highest BCUT2D eigenvalue weighted by molar-refractivity contribution is 5.85. The average molecular weight is 414 g/mol. The number of likely N-dealkylation sites (tertiary alicyclic amines) is 1. The molecule has 0 unspecified atom stereocenters. The molecule has 2 saturated heterocycles. The predicted octanol–water partition coefficient (Wildman–Crippen LogP) is 2.41. The van der Waals surface area contributed by atoms with E-state index in [2.05, 4.69) is 27.3 Å². The molecule has 2 aliphatic rings. The van der Waals surface area contributed by atoms with Crippen LogP contribution in [-0.2, 0) is 4.79 Å². The van der Waals surface area contributed by atoms with Crippen molar-refractivity contribution in [2.45, 2.75) is 25.2 Å². The van der Waals surface area contributed by atoms with Gasteiger partial charge in [0.25, 0.3) is 0 Å². The third kappa shape index (κ3) is 5.35. The van der Waals surface area contributed by atoms with Crippen molar-refractivity contribution in [3.63, 3.8) is 0 Å². The van der Waals surface area contributed by atoms with Gasteiger partial charge >= 0.3 is 0 Å². The molecule has 2 N–H and O–H groups in total. The fourth-order valence-electron chi connectivity index (χ4n) is 3.92. The van der Waals surface area contributed by atoms with Gasteiger partial charge in [0.15, 0.2) is 0 Å². The van der Waals surface area contributed by atoms with Gasteiger partial charge in [0, 0.05) is 45.1 Å². The molecule has 2 fully saturated rings. The summed E-state index contributed by atoms with van der Waals surface area (Å²) in [5.74, 6) is 1.94. The first kappa shape index (κ1) is 22.0. The number of aromatic nitrogens is 2. The van der Waals surface area contributed by atoms with Crippen molar-refractivity contribution in [1.82, 2.24) is 25.1 Å². The van der Waals surface area contributed by atoms with Crippen LogP contribution in [0.1, 0.15) is 31.0 Å². The van der Waals surface area contributed by atoms with E-state index in [0.717, 1.165) is 75.5 Å². The van der Waals surface area contributed by atoms with E-state index in [9.17, 15) is 4.79 Å². The molecule has 27 heavy (non-hydrogen) atoms. The monoisotopic (exact) mass is 413 g/mol. The minimum Gasteiger partial charge on any atom is -0.342 e. The van der Waals surface area contributed by atoms with Crippen molar-refractivity contribution in [1.29, 1.82) is 0 Å². The fourth-order valence-corrected chi connectivity index (χ4v) is 3.92. The summed E-state index contributed by atoms with van der Waals surface area (Å²) in [4.78, 5) is 24.9. The Hall–Kier alpha value is -1.34. The van der Waals surface area contributed by atoms with Crippen molar-refractivity contribution in [3.05, 3.63) is 30.1 Å². The molecule has 0 spiro atoms. The second kappa shape index (κ2) is 10.3. The number of nitrogens with zero attached hydrogens (tertiary/aromatic N) is 3. The highest BCUT2D eigenvalue weighted by Gasteiger charge is 2.24. The first-order chi connectivity index (χ1) is 12.3. The number of benzene rings is 1. The number of carbonyl (C=O) groups is 1. The quantitative estimate of drug-likeness (QED) is 0.807. The number of rotatable bonds is 4. The predicted molar refractivity (Wildman–Crippen MR) is 113 cm³/mol. The number of fused-ring (bicyclic) bond motifs is 1. The smallest absolute Gasteiger partial charge is 0.223 e. The molecule has 1 aromatic carbocycles. The summed E-state index contributed by atoms with van der Waals surface area (Å²) in [7, 11) is 0. The summed E-state index contributed by atoms with van der Waals surface area (Å²) in [5, 5.41) is 3.29. The molecule has 0 saturated carbocycles. The van der Waals surface area contributed by atoms with Crippen LogP contribution in [0, 0.1) is 0 Å². The molecular formula is C19H29Cl2N5O. The van der Waals surface area contributed by atoms with Gasteiger partial charge < -0.3 is 20.1 Å². The molecule has 1 aromatic heterocycles. The Balaban J connectivity index is 0.00000131. The van der Waals surface area contributed by atoms with Gasteiger partial charge in [-0.05, 0) is 38.1 Å². The molecule has 8 heteroatoms. The molecule has 6 nitrogen and oxygen atoms in total. The summed E-state index contributed by atoms with van der Waals surface area (Å²) >= 11 is 0. The van der Waals surface area contributed by atoms with E-state index in [-0.39, 0.29) is 24.8 Å². The molecule has 4 rings (SSSR count). The van der Waals surface area contributed by atoms with Crippen LogP contribution in [0.2, 0.25) is 0 Å². The Bertz CT molecular complexity index is 691. The van der Waals surface area contributed by atoms with E-state index in [0.29, 0.717) is 18.2 Å². The Morgan fingerprint density at radius 2 is 1.78 bits per heavy atom. The van der Waals surface area contributed by atoms with Gasteiger partial charge in [-0.15, -0.1) is 24.8 Å². The number of nitrogens with one attached hydrogen (secondary N) is 2. The van der Waals surface area contributed by atoms with Gasteiger partial charge in [0.05, 0.1) is 11.0 Å². The Labute approximate surface area is 172 Å². The van der Waals surface area contributed by atoms with E-state index in [1.165, 1.54) is 0 Å². The first-order valence-electron chi connectivity index (χ1n) is 9.45. The fraction of sp³-hybridized carbons (Fsp3) is 0.579. The summed E-state index contributed by atoms with van der Waals surface area (Å²) in [6.07, 6.45) is 2.87. The van der Waals surface area contributed by atoms with Gasteiger partial charge in [0.1, 0.15) is 5.82 Å². The largest absolute Gasteiger partial charge is 0.342 e. The minimum atomic E-state index is 0. The van der Waals surface area contributed by atoms with Crippen LogP contribution in [-0.4, -0.2) is 71.5 Å². The molecule has 2 aromatic rings. The zero-order valence-electron chi connectivity index (χ0n) is 15.5. The molecule has 0 atom stereocenters. The standard InChI is InChI=1S/C19H27N5O.2ClH/c25-18(24-13-8-20-9-14-24)7-12-23-10-5-15(6-11-23)19-21-16-3-1-2-4-17(16)22-19;;/h1-4,15,20H,5-14H2,(H,21,22);2*1H. The van der Waals surface area contributed by atoms with Gasteiger partial charge in [0.2, 0.25) is 5.91 Å². The number of hydrogen-bond donors (Lipinski definition) is 2. The minimum absolute atomic E-state index is 0. The molecule has 150 valence electrons. The van der Waals surface area contributed by atoms with Crippen LogP contribution in [0.5, 0.6) is 0 Å². The molecule has 2 aliphatic heterocycles. The molecule has 0 radical (unpaired) electrons. The lowest BCUT2D eigenvalue weighted by Gasteiger charge is -2.32. The number of piperazine rings is 1. The lowest BCUT2D eigenvalue weighted by Crippen LogP contribution is -2.47. The number of carbonyl (C=O) groups excluding carboxylic acids is 1. The van der Waals surface area contributed by atoms with E-state index in [4.69, 9.17) is 4.98 Å². The molecule has 0 bridgehead atoms. The number of para-hydroxylation sites is 2. The molecule has 1 amide bonds. The van der Waals surface area contributed by atoms with E-state index >= 15 is 0 Å². The second-order valence-electron chi connectivity index (χ2n) is 7.14. The molecular weight excluding hydrogens is 385 g/mol. The number of aromatic amines is 1. The zero-order chi connectivity index (χ0) is 17.1. The third-order valence-electron chi connectivity index (χ3n) is 5.49. The summed E-state index contributed by atoms with van der Waals surface area (Å²) in [6, 6.07) is 8.22. The summed E-state index contributed by atoms with van der Waals surface area (Å²) in [6.45, 7) is 6.55. The van der Waals surface area contributed by atoms with E-state index in [1.807, 2.05) is 17.0 Å². The van der Waals surface area contributed by atoms with Gasteiger partial charge in [-0.1, -0.05) is 12.1 Å². The summed E-state index contributed by atoms with van der Waals surface area (Å²) in [5.41, 5.74) is 2.18. The maximum Gasteiger partial charge on any atom is 0.223 e. The Morgan fingerprint density at radius 1 is 1.07 bits per heavy atom. The second-order valence-corrected chi connectivity index (χ2v) is 7.14. The van der Waals surface area contributed by atoms with Crippen LogP contribution >= 0.6 is 24.8 Å². The van der Waals surface area contributed by atoms with Gasteiger partial charge in [-0.3, -0.25) is 4.79 Å². The SMILES string of the molecule is Cl.Cl.O=C(CCN1CCC(c2nc3ccccc3[nH]2)CC1)N1CCNCC1. The molecule has 0 aliphatic carbocycles. The topological polar surface area (TPSA) is 64.3 Å². The Morgan fingerprint density at radius 3 is 2.48 bits per heavy atom. The van der Waals surface area contributed by atoms with Crippen molar-refractivity contribution in [2.24, 2.45) is 0 Å². The van der Waals surface area contributed by atoms with Gasteiger partial charge in [-0.2, -0.15) is 0 Å². The Kier molecular flexibility index (Phi) is 8.35. The van der Waals surface area contributed by atoms with Gasteiger partial charge in [-0.25, -0.2) is 4.98 Å². The van der Waals surface area contributed by atoms with Crippen LogP contribution < -0.4 is 5.32 Å². The van der Waals surface area contributed by atoms with Crippen molar-refractivity contribution in [3.8, 4) is 0 Å². The lowest BCUT2D eigenvalue weighted by molar-refractivity contribution is -0.132. The first-order valence-corrected chi connectivity index (χ1v) is 9.45. The highest BCUT2D eigenvalue weighted by atomic mass is 35.5. The van der Waals surface area contributed by atoms with E-state index in [1.54, 1.807) is 0 Å². The van der Waals surface area contributed by atoms with Crippen molar-refractivity contribution in [2.75, 3.05) is 45.8 Å². The highest BCUT2D eigenvalue weighted by Crippen LogP contribution is 2.27.